The van der Waals surface area contributed by atoms with E-state index in [1.165, 1.54) is 11.3 Å². The highest BCUT2D eigenvalue weighted by Crippen LogP contribution is 2.31. The summed E-state index contributed by atoms with van der Waals surface area (Å²) in [5, 5.41) is 10.2. The highest BCUT2D eigenvalue weighted by molar-refractivity contribution is 7.98. The predicted molar refractivity (Wildman–Crippen MR) is 145 cm³/mol. The minimum Gasteiger partial charge on any atom is -0.468 e. The number of amides is 2. The zero-order valence-electron chi connectivity index (χ0n) is 20.6. The first kappa shape index (κ1) is 25.3. The summed E-state index contributed by atoms with van der Waals surface area (Å²) in [6.07, 6.45) is 4.99. The van der Waals surface area contributed by atoms with E-state index in [2.05, 4.69) is 15.4 Å². The van der Waals surface area contributed by atoms with Crippen LogP contribution >= 0.6 is 23.1 Å². The minimum absolute atomic E-state index is 0.0160. The summed E-state index contributed by atoms with van der Waals surface area (Å²) in [6.45, 7) is 3.83. The number of benzene rings is 1. The van der Waals surface area contributed by atoms with Crippen molar-refractivity contribution in [2.45, 2.75) is 31.4 Å². The molecule has 1 aliphatic rings. The number of thioether (sulfide) groups is 1. The molecular weight excluding hydrogens is 506 g/mol. The van der Waals surface area contributed by atoms with E-state index in [0.29, 0.717) is 30.9 Å². The number of carbonyl (C=O) groups excluding carboxylic acids is 2. The summed E-state index contributed by atoms with van der Waals surface area (Å²) >= 11 is 3.24. The molecule has 4 aromatic rings. The van der Waals surface area contributed by atoms with Gasteiger partial charge in [0.25, 0.3) is 11.8 Å². The Labute approximate surface area is 224 Å². The van der Waals surface area contributed by atoms with E-state index in [1.807, 2.05) is 59.7 Å². The lowest BCUT2D eigenvalue weighted by Gasteiger charge is -2.31. The van der Waals surface area contributed by atoms with Crippen LogP contribution in [0, 0.1) is 6.92 Å². The zero-order valence-corrected chi connectivity index (χ0v) is 22.3. The third-order valence-electron chi connectivity index (χ3n) is 6.48. The van der Waals surface area contributed by atoms with Gasteiger partial charge in [-0.15, -0.1) is 11.3 Å². The first-order valence-corrected chi connectivity index (χ1v) is 14.4. The molecule has 5 rings (SSSR count). The third-order valence-corrected chi connectivity index (χ3v) is 8.47. The number of nitrogens with zero attached hydrogens (tertiary/aromatic N) is 4. The number of carbonyl (C=O) groups is 2. The maximum atomic E-state index is 13.2. The fourth-order valence-corrected chi connectivity index (χ4v) is 6.15. The highest BCUT2D eigenvalue weighted by Gasteiger charge is 2.28. The number of rotatable bonds is 9. The lowest BCUT2D eigenvalue weighted by atomic mass is 9.97. The molecule has 0 aliphatic carbocycles. The van der Waals surface area contributed by atoms with E-state index in [-0.39, 0.29) is 17.7 Å². The maximum absolute atomic E-state index is 13.2. The molecule has 1 aromatic carbocycles. The fourth-order valence-electron chi connectivity index (χ4n) is 4.42. The summed E-state index contributed by atoms with van der Waals surface area (Å²) in [6, 6.07) is 13.7. The van der Waals surface area contributed by atoms with E-state index in [0.717, 1.165) is 46.5 Å². The van der Waals surface area contributed by atoms with Crippen molar-refractivity contribution in [3.05, 3.63) is 88.0 Å². The summed E-state index contributed by atoms with van der Waals surface area (Å²) < 4.78 is 7.12. The number of hydrogen-bond acceptors (Lipinski definition) is 7. The van der Waals surface area contributed by atoms with Gasteiger partial charge in [0.15, 0.2) is 0 Å². The van der Waals surface area contributed by atoms with Crippen LogP contribution in [0.3, 0.4) is 0 Å². The first-order chi connectivity index (χ1) is 18.1. The first-order valence-electron chi connectivity index (χ1n) is 12.3. The molecule has 0 atom stereocenters. The number of nitrogens with one attached hydrogen (secondary N) is 1. The van der Waals surface area contributed by atoms with Gasteiger partial charge in [-0.25, -0.2) is 9.67 Å². The molecular formula is C27H29N5O3S2. The van der Waals surface area contributed by atoms with Crippen molar-refractivity contribution < 1.29 is 14.0 Å². The Morgan fingerprint density at radius 3 is 2.73 bits per heavy atom. The largest absolute Gasteiger partial charge is 0.468 e. The monoisotopic (exact) mass is 535 g/mol. The quantitative estimate of drug-likeness (QED) is 0.306. The van der Waals surface area contributed by atoms with Crippen LogP contribution in [0.15, 0.2) is 64.7 Å². The van der Waals surface area contributed by atoms with Crippen LogP contribution in [-0.2, 0) is 5.75 Å². The fraction of sp³-hybridized carbons (Fsp3) is 0.333. The van der Waals surface area contributed by atoms with Crippen molar-refractivity contribution in [1.29, 1.82) is 0 Å². The molecule has 8 nitrogen and oxygen atoms in total. The lowest BCUT2D eigenvalue weighted by Crippen LogP contribution is -2.38. The number of aromatic nitrogens is 3. The molecule has 2 amide bonds. The SMILES string of the molecule is Cc1c(C(=O)N2CCC(c3nc(C(=O)NCCSCc4ccco4)cs3)CC2)cnn1-c1ccccc1. The number of hydrogen-bond donors (Lipinski definition) is 1. The topological polar surface area (TPSA) is 93.3 Å². The van der Waals surface area contributed by atoms with Gasteiger partial charge in [0.1, 0.15) is 11.5 Å². The Morgan fingerprint density at radius 1 is 1.16 bits per heavy atom. The van der Waals surface area contributed by atoms with Crippen molar-refractivity contribution in [1.82, 2.24) is 25.0 Å². The molecule has 4 heterocycles. The molecule has 1 fully saturated rings. The number of thiazole rings is 1. The Balaban J connectivity index is 1.10. The second kappa shape index (κ2) is 11.8. The van der Waals surface area contributed by atoms with Crippen molar-refractivity contribution in [2.24, 2.45) is 0 Å². The highest BCUT2D eigenvalue weighted by atomic mass is 32.2. The lowest BCUT2D eigenvalue weighted by molar-refractivity contribution is 0.0712. The standard InChI is InChI=1S/C27H29N5O3S2/c1-19-23(16-29-32(19)21-6-3-2-4-7-21)27(34)31-12-9-20(10-13-31)26-30-24(18-37-26)25(33)28-11-15-36-17-22-8-5-14-35-22/h2-8,14,16,18,20H,9-13,15,17H2,1H3,(H,28,33). The van der Waals surface area contributed by atoms with E-state index in [4.69, 9.17) is 4.42 Å². The van der Waals surface area contributed by atoms with E-state index in [9.17, 15) is 9.59 Å². The Bertz CT molecular complexity index is 1330. The van der Waals surface area contributed by atoms with Crippen LogP contribution in [0.25, 0.3) is 5.69 Å². The van der Waals surface area contributed by atoms with Crippen molar-refractivity contribution >= 4 is 34.9 Å². The van der Waals surface area contributed by atoms with E-state index < -0.39 is 0 Å². The zero-order chi connectivity index (χ0) is 25.6. The van der Waals surface area contributed by atoms with Crippen molar-refractivity contribution in [3.63, 3.8) is 0 Å². The number of furan rings is 1. The molecule has 3 aromatic heterocycles. The van der Waals surface area contributed by atoms with Crippen LogP contribution in [-0.4, -0.2) is 56.9 Å². The van der Waals surface area contributed by atoms with Crippen molar-refractivity contribution in [3.8, 4) is 5.69 Å². The molecule has 0 spiro atoms. The van der Waals surface area contributed by atoms with Crippen LogP contribution in [0.2, 0.25) is 0 Å². The molecule has 0 radical (unpaired) electrons. The summed E-state index contributed by atoms with van der Waals surface area (Å²) in [4.78, 5) is 32.2. The van der Waals surface area contributed by atoms with Gasteiger partial charge >= 0.3 is 0 Å². The molecule has 192 valence electrons. The van der Waals surface area contributed by atoms with Crippen LogP contribution < -0.4 is 5.32 Å². The predicted octanol–water partition coefficient (Wildman–Crippen LogP) is 4.91. The van der Waals surface area contributed by atoms with Gasteiger partial charge in [-0.05, 0) is 44.0 Å². The molecule has 0 bridgehead atoms. The van der Waals surface area contributed by atoms with Gasteiger partial charge in [-0.2, -0.15) is 16.9 Å². The molecule has 37 heavy (non-hydrogen) atoms. The van der Waals surface area contributed by atoms with Gasteiger partial charge in [0.2, 0.25) is 0 Å². The number of likely N-dealkylation sites (tertiary alicyclic amines) is 1. The number of para-hydroxylation sites is 1. The van der Waals surface area contributed by atoms with Crippen LogP contribution in [0.4, 0.5) is 0 Å². The van der Waals surface area contributed by atoms with Crippen LogP contribution in [0.1, 0.15) is 56.1 Å². The second-order valence-corrected chi connectivity index (χ2v) is 10.9. The minimum atomic E-state index is -0.139. The van der Waals surface area contributed by atoms with Crippen LogP contribution in [0.5, 0.6) is 0 Å². The third kappa shape index (κ3) is 5.97. The Morgan fingerprint density at radius 2 is 1.97 bits per heavy atom. The summed E-state index contributed by atoms with van der Waals surface area (Å²) in [5.41, 5.74) is 2.89. The summed E-state index contributed by atoms with van der Waals surface area (Å²) in [7, 11) is 0. The smallest absolute Gasteiger partial charge is 0.270 e. The second-order valence-electron chi connectivity index (χ2n) is 8.92. The molecule has 1 aliphatic heterocycles. The molecule has 1 saturated heterocycles. The normalized spacial score (nSPS) is 14.1. The Kier molecular flexibility index (Phi) is 8.05. The molecule has 0 saturated carbocycles. The van der Waals surface area contributed by atoms with Gasteiger partial charge < -0.3 is 14.6 Å². The van der Waals surface area contributed by atoms with E-state index in [1.54, 1.807) is 28.9 Å². The molecule has 0 unspecified atom stereocenters. The summed E-state index contributed by atoms with van der Waals surface area (Å²) in [5.74, 6) is 2.67. The van der Waals surface area contributed by atoms with Gasteiger partial charge in [0, 0.05) is 36.7 Å². The van der Waals surface area contributed by atoms with Gasteiger partial charge in [-0.1, -0.05) is 18.2 Å². The number of piperidine rings is 1. The maximum Gasteiger partial charge on any atom is 0.270 e. The van der Waals surface area contributed by atoms with Gasteiger partial charge in [-0.3, -0.25) is 9.59 Å². The van der Waals surface area contributed by atoms with E-state index >= 15 is 0 Å². The molecule has 10 heteroatoms. The average Bonchev–Trinajstić information content (AvgIpc) is 3.70. The van der Waals surface area contributed by atoms with Gasteiger partial charge in [0.05, 0.1) is 40.2 Å². The average molecular weight is 536 g/mol. The Hall–Kier alpha value is -3.37. The molecule has 1 N–H and O–H groups in total. The van der Waals surface area contributed by atoms with Crippen molar-refractivity contribution in [2.75, 3.05) is 25.4 Å².